The Labute approximate surface area is 113 Å². The Morgan fingerprint density at radius 1 is 1.29 bits per heavy atom. The van der Waals surface area contributed by atoms with Crippen molar-refractivity contribution >= 4 is 15.9 Å². The van der Waals surface area contributed by atoms with Gasteiger partial charge in [-0.1, -0.05) is 36.7 Å². The molecule has 0 aromatic heterocycles. The third-order valence-electron chi connectivity index (χ3n) is 3.16. The second kappa shape index (κ2) is 7.02. The van der Waals surface area contributed by atoms with Gasteiger partial charge in [-0.25, -0.2) is 0 Å². The summed E-state index contributed by atoms with van der Waals surface area (Å²) >= 11 is 3.49. The maximum absolute atomic E-state index is 5.34. The van der Waals surface area contributed by atoms with Crippen LogP contribution in [0.4, 0.5) is 0 Å². The predicted molar refractivity (Wildman–Crippen MR) is 76.4 cm³/mol. The predicted octanol–water partition coefficient (Wildman–Crippen LogP) is 3.84. The van der Waals surface area contributed by atoms with E-state index >= 15 is 0 Å². The van der Waals surface area contributed by atoms with Crippen LogP contribution in [0, 0.1) is 11.8 Å². The lowest BCUT2D eigenvalue weighted by Crippen LogP contribution is -2.24. The molecule has 0 aliphatic carbocycles. The lowest BCUT2D eigenvalue weighted by Gasteiger charge is -2.17. The minimum Gasteiger partial charge on any atom is -0.496 e. The third kappa shape index (κ3) is 4.68. The Kier molecular flexibility index (Phi) is 6.00. The van der Waals surface area contributed by atoms with E-state index in [1.54, 1.807) is 7.11 Å². The summed E-state index contributed by atoms with van der Waals surface area (Å²) in [5, 5.41) is 3.48. The van der Waals surface area contributed by atoms with Gasteiger partial charge >= 0.3 is 0 Å². The lowest BCUT2D eigenvalue weighted by molar-refractivity contribution is 0.384. The van der Waals surface area contributed by atoms with Crippen LogP contribution < -0.4 is 10.1 Å². The van der Waals surface area contributed by atoms with E-state index in [9.17, 15) is 0 Å². The van der Waals surface area contributed by atoms with Crippen LogP contribution in [0.25, 0.3) is 0 Å². The SMILES string of the molecule is COc1ccc(Br)cc1CNCC(C)C(C)C. The Hall–Kier alpha value is -0.540. The van der Waals surface area contributed by atoms with Crippen molar-refractivity contribution in [1.82, 2.24) is 5.32 Å². The van der Waals surface area contributed by atoms with Crippen molar-refractivity contribution in [1.29, 1.82) is 0 Å². The average molecular weight is 300 g/mol. The highest BCUT2D eigenvalue weighted by molar-refractivity contribution is 9.10. The molecule has 0 radical (unpaired) electrons. The highest BCUT2D eigenvalue weighted by atomic mass is 79.9. The number of hydrogen-bond donors (Lipinski definition) is 1. The van der Waals surface area contributed by atoms with Crippen molar-refractivity contribution in [3.63, 3.8) is 0 Å². The zero-order valence-electron chi connectivity index (χ0n) is 11.1. The molecule has 3 heteroatoms. The van der Waals surface area contributed by atoms with E-state index in [-0.39, 0.29) is 0 Å². The molecule has 0 aliphatic rings. The Morgan fingerprint density at radius 3 is 2.59 bits per heavy atom. The molecule has 17 heavy (non-hydrogen) atoms. The first-order chi connectivity index (χ1) is 8.04. The Morgan fingerprint density at radius 2 is 2.00 bits per heavy atom. The molecule has 1 unspecified atom stereocenters. The summed E-state index contributed by atoms with van der Waals surface area (Å²) in [6.45, 7) is 8.67. The first-order valence-electron chi connectivity index (χ1n) is 6.07. The number of rotatable bonds is 6. The van der Waals surface area contributed by atoms with Gasteiger partial charge in [0.2, 0.25) is 0 Å². The molecule has 0 heterocycles. The standard InChI is InChI=1S/C14H22BrNO/c1-10(2)11(3)8-16-9-12-7-13(15)5-6-14(12)17-4/h5-7,10-11,16H,8-9H2,1-4H3. The van der Waals surface area contributed by atoms with Gasteiger partial charge in [-0.05, 0) is 36.6 Å². The van der Waals surface area contributed by atoms with E-state index in [2.05, 4.69) is 48.1 Å². The van der Waals surface area contributed by atoms with Gasteiger partial charge in [0, 0.05) is 16.6 Å². The molecule has 1 N–H and O–H groups in total. The largest absolute Gasteiger partial charge is 0.496 e. The van der Waals surface area contributed by atoms with Gasteiger partial charge in [0.25, 0.3) is 0 Å². The fourth-order valence-electron chi connectivity index (χ4n) is 1.56. The topological polar surface area (TPSA) is 21.3 Å². The van der Waals surface area contributed by atoms with E-state index in [0.29, 0.717) is 11.8 Å². The Balaban J connectivity index is 2.53. The van der Waals surface area contributed by atoms with Crippen LogP contribution in [-0.2, 0) is 6.54 Å². The van der Waals surface area contributed by atoms with E-state index in [0.717, 1.165) is 23.3 Å². The van der Waals surface area contributed by atoms with E-state index < -0.39 is 0 Å². The summed E-state index contributed by atoms with van der Waals surface area (Å²) in [5.74, 6) is 2.35. The maximum atomic E-state index is 5.34. The van der Waals surface area contributed by atoms with Crippen LogP contribution in [-0.4, -0.2) is 13.7 Å². The fraction of sp³-hybridized carbons (Fsp3) is 0.571. The van der Waals surface area contributed by atoms with Crippen molar-refractivity contribution in [2.24, 2.45) is 11.8 Å². The number of halogens is 1. The van der Waals surface area contributed by atoms with Crippen molar-refractivity contribution < 1.29 is 4.74 Å². The first kappa shape index (κ1) is 14.5. The van der Waals surface area contributed by atoms with Crippen molar-refractivity contribution in [3.8, 4) is 5.75 Å². The van der Waals surface area contributed by atoms with Gasteiger partial charge in [-0.3, -0.25) is 0 Å². The van der Waals surface area contributed by atoms with Gasteiger partial charge in [-0.2, -0.15) is 0 Å². The van der Waals surface area contributed by atoms with Gasteiger partial charge in [0.05, 0.1) is 7.11 Å². The normalized spacial score (nSPS) is 12.8. The number of hydrogen-bond acceptors (Lipinski definition) is 2. The first-order valence-corrected chi connectivity index (χ1v) is 6.87. The van der Waals surface area contributed by atoms with Crippen LogP contribution in [0.3, 0.4) is 0 Å². The summed E-state index contributed by atoms with van der Waals surface area (Å²) in [5.41, 5.74) is 1.19. The summed E-state index contributed by atoms with van der Waals surface area (Å²) < 4.78 is 6.43. The molecule has 0 bridgehead atoms. The molecule has 0 amide bonds. The van der Waals surface area contributed by atoms with Crippen LogP contribution in [0.5, 0.6) is 5.75 Å². The summed E-state index contributed by atoms with van der Waals surface area (Å²) in [4.78, 5) is 0. The van der Waals surface area contributed by atoms with Gasteiger partial charge < -0.3 is 10.1 Å². The van der Waals surface area contributed by atoms with Crippen molar-refractivity contribution in [2.75, 3.05) is 13.7 Å². The van der Waals surface area contributed by atoms with E-state index in [4.69, 9.17) is 4.74 Å². The number of methoxy groups -OCH3 is 1. The molecule has 1 atom stereocenters. The zero-order valence-corrected chi connectivity index (χ0v) is 12.7. The molecule has 0 fully saturated rings. The molecule has 1 aromatic rings. The fourth-order valence-corrected chi connectivity index (χ4v) is 1.96. The van der Waals surface area contributed by atoms with Crippen molar-refractivity contribution in [3.05, 3.63) is 28.2 Å². The summed E-state index contributed by atoms with van der Waals surface area (Å²) in [7, 11) is 1.71. The molecule has 0 spiro atoms. The van der Waals surface area contributed by atoms with Gasteiger partial charge in [0.1, 0.15) is 5.75 Å². The Bertz CT molecular complexity index is 352. The van der Waals surface area contributed by atoms with Crippen molar-refractivity contribution in [2.45, 2.75) is 27.3 Å². The smallest absolute Gasteiger partial charge is 0.123 e. The highest BCUT2D eigenvalue weighted by Gasteiger charge is 2.08. The van der Waals surface area contributed by atoms with E-state index in [1.807, 2.05) is 12.1 Å². The molecule has 1 rings (SSSR count). The van der Waals surface area contributed by atoms with Crippen LogP contribution in [0.15, 0.2) is 22.7 Å². The second-order valence-electron chi connectivity index (χ2n) is 4.81. The monoisotopic (exact) mass is 299 g/mol. The minimum atomic E-state index is 0.688. The molecule has 0 saturated carbocycles. The molecule has 0 aliphatic heterocycles. The molecule has 2 nitrogen and oxygen atoms in total. The van der Waals surface area contributed by atoms with E-state index in [1.165, 1.54) is 5.56 Å². The third-order valence-corrected chi connectivity index (χ3v) is 3.66. The molecule has 1 aromatic carbocycles. The van der Waals surface area contributed by atoms with Crippen LogP contribution in [0.2, 0.25) is 0 Å². The molecule has 0 saturated heterocycles. The maximum Gasteiger partial charge on any atom is 0.123 e. The van der Waals surface area contributed by atoms with Crippen LogP contribution >= 0.6 is 15.9 Å². The second-order valence-corrected chi connectivity index (χ2v) is 5.72. The number of nitrogens with one attached hydrogen (secondary N) is 1. The highest BCUT2D eigenvalue weighted by Crippen LogP contribution is 2.22. The molecule has 96 valence electrons. The van der Waals surface area contributed by atoms with Crippen LogP contribution in [0.1, 0.15) is 26.3 Å². The average Bonchev–Trinajstić information content (AvgIpc) is 2.29. The zero-order chi connectivity index (χ0) is 12.8. The van der Waals surface area contributed by atoms with Gasteiger partial charge in [-0.15, -0.1) is 0 Å². The summed E-state index contributed by atoms with van der Waals surface area (Å²) in [6.07, 6.45) is 0. The molecular formula is C14H22BrNO. The number of benzene rings is 1. The van der Waals surface area contributed by atoms with Gasteiger partial charge in [0.15, 0.2) is 0 Å². The number of ether oxygens (including phenoxy) is 1. The molecular weight excluding hydrogens is 278 g/mol. The quantitative estimate of drug-likeness (QED) is 0.862. The minimum absolute atomic E-state index is 0.688. The summed E-state index contributed by atoms with van der Waals surface area (Å²) in [6, 6.07) is 6.10. The lowest BCUT2D eigenvalue weighted by atomic mass is 9.98.